The van der Waals surface area contributed by atoms with Gasteiger partial charge in [-0.1, -0.05) is 13.0 Å². The number of amides is 1. The van der Waals surface area contributed by atoms with Crippen molar-refractivity contribution in [2.24, 2.45) is 0 Å². The summed E-state index contributed by atoms with van der Waals surface area (Å²) < 4.78 is 82.4. The zero-order chi connectivity index (χ0) is 21.8. The smallest absolute Gasteiger partial charge is 0.416 e. The Bertz CT molecular complexity index is 873. The number of alkyl halides is 6. The summed E-state index contributed by atoms with van der Waals surface area (Å²) in [6.45, 7) is 1.95. The van der Waals surface area contributed by atoms with E-state index in [9.17, 15) is 35.9 Å². The standard InChI is InChI=1S/C19H15F6NO3/c1-2-6-29-17(28)11-4-3-5-15(9-11)26-16(27)12-7-13(18(20,21)22)10-14(8-12)19(23,24)25/h3-5,7-10H,2,6H2,1H3,(H,26,27). The molecule has 0 aliphatic carbocycles. The first-order chi connectivity index (χ1) is 13.4. The molecule has 0 aromatic heterocycles. The van der Waals surface area contributed by atoms with Gasteiger partial charge in [-0.25, -0.2) is 4.79 Å². The molecule has 0 unspecified atom stereocenters. The molecule has 0 fully saturated rings. The fourth-order valence-corrected chi connectivity index (χ4v) is 2.29. The molecule has 2 aromatic rings. The van der Waals surface area contributed by atoms with E-state index in [4.69, 9.17) is 4.74 Å². The summed E-state index contributed by atoms with van der Waals surface area (Å²) in [5.41, 5.74) is -3.96. The van der Waals surface area contributed by atoms with Crippen LogP contribution in [0.1, 0.15) is 45.2 Å². The second-order valence-electron chi connectivity index (χ2n) is 5.97. The summed E-state index contributed by atoms with van der Waals surface area (Å²) in [5.74, 6) is -1.87. The third-order valence-corrected chi connectivity index (χ3v) is 3.64. The molecule has 29 heavy (non-hydrogen) atoms. The molecule has 10 heteroatoms. The first kappa shape index (κ1) is 22.3. The minimum absolute atomic E-state index is 0.00641. The van der Waals surface area contributed by atoms with Gasteiger partial charge in [0, 0.05) is 11.3 Å². The number of hydrogen-bond donors (Lipinski definition) is 1. The fraction of sp³-hybridized carbons (Fsp3) is 0.263. The molecule has 2 aromatic carbocycles. The van der Waals surface area contributed by atoms with E-state index in [1.807, 2.05) is 0 Å². The van der Waals surface area contributed by atoms with Crippen LogP contribution in [0.2, 0.25) is 0 Å². The molecule has 2 rings (SSSR count). The molecule has 0 radical (unpaired) electrons. The Kier molecular flexibility index (Phi) is 6.55. The summed E-state index contributed by atoms with van der Waals surface area (Å²) in [6.07, 6.45) is -9.56. The quantitative estimate of drug-likeness (QED) is 0.511. The van der Waals surface area contributed by atoms with Gasteiger partial charge in [0.15, 0.2) is 0 Å². The Hall–Kier alpha value is -3.04. The lowest BCUT2D eigenvalue weighted by Gasteiger charge is -2.14. The molecule has 1 amide bonds. The van der Waals surface area contributed by atoms with E-state index in [0.717, 1.165) is 0 Å². The Morgan fingerprint density at radius 1 is 0.897 bits per heavy atom. The summed E-state index contributed by atoms with van der Waals surface area (Å²) in [4.78, 5) is 24.1. The highest BCUT2D eigenvalue weighted by atomic mass is 19.4. The van der Waals surface area contributed by atoms with Crippen LogP contribution in [0.15, 0.2) is 42.5 Å². The van der Waals surface area contributed by atoms with Crippen molar-refractivity contribution in [3.8, 4) is 0 Å². The van der Waals surface area contributed by atoms with Gasteiger partial charge in [0.1, 0.15) is 0 Å². The number of carbonyl (C=O) groups is 2. The lowest BCUT2D eigenvalue weighted by atomic mass is 10.0. The van der Waals surface area contributed by atoms with E-state index in [0.29, 0.717) is 18.6 Å². The zero-order valence-corrected chi connectivity index (χ0v) is 14.9. The first-order valence-corrected chi connectivity index (χ1v) is 8.30. The van der Waals surface area contributed by atoms with Crippen LogP contribution in [0, 0.1) is 0 Å². The van der Waals surface area contributed by atoms with Gasteiger partial charge in [-0.3, -0.25) is 4.79 Å². The SMILES string of the molecule is CCCOC(=O)c1cccc(NC(=O)c2cc(C(F)(F)F)cc(C(F)(F)F)c2)c1. The number of esters is 1. The van der Waals surface area contributed by atoms with Gasteiger partial charge in [-0.2, -0.15) is 26.3 Å². The fourth-order valence-electron chi connectivity index (χ4n) is 2.29. The molecule has 0 atom stereocenters. The van der Waals surface area contributed by atoms with Gasteiger partial charge in [0.05, 0.1) is 23.3 Å². The topological polar surface area (TPSA) is 55.4 Å². The predicted octanol–water partition coefficient (Wildman–Crippen LogP) is 5.54. The van der Waals surface area contributed by atoms with Crippen molar-refractivity contribution in [2.75, 3.05) is 11.9 Å². The number of benzene rings is 2. The molecule has 4 nitrogen and oxygen atoms in total. The van der Waals surface area contributed by atoms with Crippen molar-refractivity contribution in [3.63, 3.8) is 0 Å². The van der Waals surface area contributed by atoms with Crippen molar-refractivity contribution < 1.29 is 40.7 Å². The second kappa shape index (κ2) is 8.54. The highest BCUT2D eigenvalue weighted by molar-refractivity contribution is 6.05. The average molecular weight is 419 g/mol. The maximum absolute atomic E-state index is 12.9. The molecule has 0 aliphatic rings. The van der Waals surface area contributed by atoms with Crippen molar-refractivity contribution in [1.82, 2.24) is 0 Å². The minimum atomic E-state index is -5.07. The molecular weight excluding hydrogens is 404 g/mol. The van der Waals surface area contributed by atoms with Gasteiger partial charge >= 0.3 is 18.3 Å². The van der Waals surface area contributed by atoms with Gasteiger partial charge < -0.3 is 10.1 Å². The van der Waals surface area contributed by atoms with E-state index >= 15 is 0 Å². The van der Waals surface area contributed by atoms with E-state index in [1.165, 1.54) is 24.3 Å². The number of nitrogens with one attached hydrogen (secondary N) is 1. The largest absolute Gasteiger partial charge is 0.462 e. The van der Waals surface area contributed by atoms with E-state index in [1.54, 1.807) is 6.92 Å². The maximum Gasteiger partial charge on any atom is 0.416 e. The van der Waals surface area contributed by atoms with E-state index < -0.39 is 40.9 Å². The van der Waals surface area contributed by atoms with Crippen LogP contribution in [0.3, 0.4) is 0 Å². The van der Waals surface area contributed by atoms with Crippen molar-refractivity contribution in [1.29, 1.82) is 0 Å². The van der Waals surface area contributed by atoms with Gasteiger partial charge in [-0.15, -0.1) is 0 Å². The van der Waals surface area contributed by atoms with E-state index in [2.05, 4.69) is 5.32 Å². The summed E-state index contributed by atoms with van der Waals surface area (Å²) in [6, 6.07) is 5.88. The third kappa shape index (κ3) is 5.97. The molecule has 0 aliphatic heterocycles. The van der Waals surface area contributed by atoms with Gasteiger partial charge in [0.25, 0.3) is 5.91 Å². The Labute approximate surface area is 161 Å². The second-order valence-corrected chi connectivity index (χ2v) is 5.97. The highest BCUT2D eigenvalue weighted by Crippen LogP contribution is 2.36. The number of ether oxygens (including phenoxy) is 1. The van der Waals surface area contributed by atoms with Crippen LogP contribution in [-0.4, -0.2) is 18.5 Å². The predicted molar refractivity (Wildman–Crippen MR) is 91.4 cm³/mol. The molecule has 0 saturated carbocycles. The average Bonchev–Trinajstić information content (AvgIpc) is 2.64. The van der Waals surface area contributed by atoms with Crippen LogP contribution in [-0.2, 0) is 17.1 Å². The monoisotopic (exact) mass is 419 g/mol. The van der Waals surface area contributed by atoms with Crippen molar-refractivity contribution >= 4 is 17.6 Å². The number of anilines is 1. The van der Waals surface area contributed by atoms with Crippen LogP contribution in [0.5, 0.6) is 0 Å². The van der Waals surface area contributed by atoms with Gasteiger partial charge in [0.2, 0.25) is 0 Å². The molecule has 156 valence electrons. The molecule has 0 heterocycles. The zero-order valence-electron chi connectivity index (χ0n) is 14.9. The Morgan fingerprint density at radius 2 is 1.48 bits per heavy atom. The highest BCUT2D eigenvalue weighted by Gasteiger charge is 2.37. The molecule has 1 N–H and O–H groups in total. The van der Waals surface area contributed by atoms with Crippen LogP contribution in [0.4, 0.5) is 32.0 Å². The Morgan fingerprint density at radius 3 is 2.00 bits per heavy atom. The normalized spacial score (nSPS) is 11.8. The third-order valence-electron chi connectivity index (χ3n) is 3.64. The van der Waals surface area contributed by atoms with Crippen molar-refractivity contribution in [3.05, 3.63) is 64.7 Å². The number of carbonyl (C=O) groups excluding carboxylic acids is 2. The van der Waals surface area contributed by atoms with Crippen molar-refractivity contribution in [2.45, 2.75) is 25.7 Å². The number of hydrogen-bond acceptors (Lipinski definition) is 3. The Balaban J connectivity index is 2.32. The van der Waals surface area contributed by atoms with Crippen LogP contribution in [0.25, 0.3) is 0 Å². The van der Waals surface area contributed by atoms with Gasteiger partial charge in [-0.05, 0) is 42.8 Å². The van der Waals surface area contributed by atoms with Crippen LogP contribution < -0.4 is 5.32 Å². The van der Waals surface area contributed by atoms with E-state index in [-0.39, 0.29) is 23.9 Å². The number of halogens is 6. The number of rotatable bonds is 5. The maximum atomic E-state index is 12.9. The molecule has 0 bridgehead atoms. The molecule has 0 saturated heterocycles. The summed E-state index contributed by atoms with van der Waals surface area (Å²) in [7, 11) is 0. The summed E-state index contributed by atoms with van der Waals surface area (Å²) in [5, 5.41) is 2.19. The lowest BCUT2D eigenvalue weighted by Crippen LogP contribution is -2.17. The molecule has 0 spiro atoms. The minimum Gasteiger partial charge on any atom is -0.462 e. The lowest BCUT2D eigenvalue weighted by molar-refractivity contribution is -0.143. The first-order valence-electron chi connectivity index (χ1n) is 8.30. The van der Waals surface area contributed by atoms with Crippen LogP contribution >= 0.6 is 0 Å². The summed E-state index contributed by atoms with van der Waals surface area (Å²) >= 11 is 0. The molecular formula is C19H15F6NO3.